The first-order chi connectivity index (χ1) is 8.02. The van der Waals surface area contributed by atoms with E-state index in [9.17, 15) is 4.79 Å². The number of nitrogens with one attached hydrogen (secondary N) is 1. The van der Waals surface area contributed by atoms with Gasteiger partial charge in [0.2, 0.25) is 0 Å². The Hall–Kier alpha value is -1.16. The first-order valence-corrected chi connectivity index (χ1v) is 5.98. The van der Waals surface area contributed by atoms with Gasteiger partial charge in [-0.15, -0.1) is 0 Å². The Morgan fingerprint density at radius 2 is 2.00 bits per heavy atom. The molecule has 1 atom stereocenters. The minimum absolute atomic E-state index is 0. The van der Waals surface area contributed by atoms with Gasteiger partial charge in [-0.25, -0.2) is 0 Å². The van der Waals surface area contributed by atoms with Crippen molar-refractivity contribution >= 4 is 19.4 Å². The average molecular weight is 269 g/mol. The summed E-state index contributed by atoms with van der Waals surface area (Å²) in [6.07, 6.45) is 0.982. The number of benzene rings is 1. The molecule has 0 aromatic heterocycles. The number of amides is 1. The van der Waals surface area contributed by atoms with E-state index < -0.39 is 0 Å². The summed E-state index contributed by atoms with van der Waals surface area (Å²) in [6, 6.07) is 7.38. The molecule has 0 radical (unpaired) electrons. The number of methoxy groups -OCH3 is 1. The van der Waals surface area contributed by atoms with Crippen LogP contribution in [0.2, 0.25) is 0 Å². The first-order valence-electron chi connectivity index (χ1n) is 5.98. The van der Waals surface area contributed by atoms with Gasteiger partial charge in [-0.3, -0.25) is 4.79 Å². The highest BCUT2D eigenvalue weighted by atomic mass is 32.1. The Labute approximate surface area is 116 Å². The van der Waals surface area contributed by atoms with Crippen molar-refractivity contribution in [2.45, 2.75) is 33.2 Å². The summed E-state index contributed by atoms with van der Waals surface area (Å²) in [6.45, 7) is 6.32. The van der Waals surface area contributed by atoms with E-state index in [0.29, 0.717) is 17.2 Å². The minimum Gasteiger partial charge on any atom is -0.497 e. The fraction of sp³-hybridized carbons (Fsp3) is 0.500. The van der Waals surface area contributed by atoms with Crippen LogP contribution in [0.4, 0.5) is 0 Å². The van der Waals surface area contributed by atoms with E-state index in [1.807, 2.05) is 19.1 Å². The SMILES string of the molecule is COc1cccc(C(=O)N[C@@H](C)CC(C)C)c1.S. The van der Waals surface area contributed by atoms with Crippen molar-refractivity contribution in [1.82, 2.24) is 5.32 Å². The standard InChI is InChI=1S/C14H21NO2.H2S/c1-10(2)8-11(3)15-14(16)12-6-5-7-13(9-12)17-4;/h5-7,9-11H,8H2,1-4H3,(H,15,16);1H2/t11-;/m0./s1. The lowest BCUT2D eigenvalue weighted by molar-refractivity contribution is 0.0936. The Bertz CT molecular complexity index is 380. The Balaban J connectivity index is 0.00000289. The molecule has 4 heteroatoms. The molecule has 0 aliphatic heterocycles. The minimum atomic E-state index is -0.0444. The van der Waals surface area contributed by atoms with Crippen LogP contribution in [0, 0.1) is 5.92 Å². The third-order valence-electron chi connectivity index (χ3n) is 2.53. The molecule has 1 N–H and O–H groups in total. The number of ether oxygens (including phenoxy) is 1. The van der Waals surface area contributed by atoms with Gasteiger partial charge < -0.3 is 10.1 Å². The van der Waals surface area contributed by atoms with Crippen molar-refractivity contribution in [3.8, 4) is 5.75 Å². The molecule has 0 aliphatic rings. The maximum Gasteiger partial charge on any atom is 0.251 e. The molecule has 0 aliphatic carbocycles. The number of hydrogen-bond donors (Lipinski definition) is 1. The number of hydrogen-bond acceptors (Lipinski definition) is 2. The van der Waals surface area contributed by atoms with Crippen molar-refractivity contribution in [3.63, 3.8) is 0 Å². The Morgan fingerprint density at radius 1 is 1.33 bits per heavy atom. The van der Waals surface area contributed by atoms with Gasteiger partial charge in [0, 0.05) is 11.6 Å². The van der Waals surface area contributed by atoms with Crippen LogP contribution >= 0.6 is 13.5 Å². The summed E-state index contributed by atoms with van der Waals surface area (Å²) in [5.41, 5.74) is 0.639. The van der Waals surface area contributed by atoms with E-state index in [1.165, 1.54) is 0 Å². The largest absolute Gasteiger partial charge is 0.497 e. The highest BCUT2D eigenvalue weighted by molar-refractivity contribution is 7.59. The van der Waals surface area contributed by atoms with E-state index in [2.05, 4.69) is 19.2 Å². The van der Waals surface area contributed by atoms with Gasteiger partial charge in [0.05, 0.1) is 7.11 Å². The van der Waals surface area contributed by atoms with Crippen LogP contribution in [0.25, 0.3) is 0 Å². The van der Waals surface area contributed by atoms with E-state index in [0.717, 1.165) is 6.42 Å². The zero-order valence-electron chi connectivity index (χ0n) is 11.5. The molecule has 0 unspecified atom stereocenters. The molecule has 0 bridgehead atoms. The summed E-state index contributed by atoms with van der Waals surface area (Å²) in [4.78, 5) is 11.9. The molecule has 0 saturated heterocycles. The van der Waals surface area contributed by atoms with Crippen LogP contribution in [0.1, 0.15) is 37.6 Å². The quantitative estimate of drug-likeness (QED) is 0.892. The normalized spacial score (nSPS) is 11.6. The van der Waals surface area contributed by atoms with Crippen molar-refractivity contribution < 1.29 is 9.53 Å². The average Bonchev–Trinajstić information content (AvgIpc) is 2.27. The van der Waals surface area contributed by atoms with Crippen molar-refractivity contribution in [1.29, 1.82) is 0 Å². The summed E-state index contributed by atoms with van der Waals surface area (Å²) >= 11 is 0. The van der Waals surface area contributed by atoms with Crippen LogP contribution in [0.3, 0.4) is 0 Å². The smallest absolute Gasteiger partial charge is 0.251 e. The Morgan fingerprint density at radius 3 is 2.56 bits per heavy atom. The van der Waals surface area contributed by atoms with Crippen LogP contribution in [-0.2, 0) is 0 Å². The molecule has 0 spiro atoms. The second kappa shape index (κ2) is 8.03. The van der Waals surface area contributed by atoms with Crippen LogP contribution in [0.15, 0.2) is 24.3 Å². The van der Waals surface area contributed by atoms with Crippen LogP contribution < -0.4 is 10.1 Å². The van der Waals surface area contributed by atoms with Crippen molar-refractivity contribution in [2.24, 2.45) is 5.92 Å². The van der Waals surface area contributed by atoms with E-state index >= 15 is 0 Å². The third-order valence-corrected chi connectivity index (χ3v) is 2.53. The summed E-state index contributed by atoms with van der Waals surface area (Å²) < 4.78 is 5.09. The second-order valence-electron chi connectivity index (χ2n) is 4.74. The molecule has 102 valence electrons. The molecule has 18 heavy (non-hydrogen) atoms. The maximum atomic E-state index is 11.9. The molecule has 3 nitrogen and oxygen atoms in total. The molecule has 0 fully saturated rings. The summed E-state index contributed by atoms with van der Waals surface area (Å²) in [5, 5.41) is 2.98. The lowest BCUT2D eigenvalue weighted by atomic mass is 10.0. The maximum absolute atomic E-state index is 11.9. The number of carbonyl (C=O) groups excluding carboxylic acids is 1. The highest BCUT2D eigenvalue weighted by Gasteiger charge is 2.11. The molecular formula is C14H23NO2S. The fourth-order valence-electron chi connectivity index (χ4n) is 1.84. The predicted octanol–water partition coefficient (Wildman–Crippen LogP) is 2.97. The van der Waals surface area contributed by atoms with Gasteiger partial charge in [-0.1, -0.05) is 19.9 Å². The van der Waals surface area contributed by atoms with Gasteiger partial charge >= 0.3 is 0 Å². The third kappa shape index (κ3) is 5.45. The monoisotopic (exact) mass is 269 g/mol. The molecular weight excluding hydrogens is 246 g/mol. The topological polar surface area (TPSA) is 38.3 Å². The lowest BCUT2D eigenvalue weighted by Gasteiger charge is -2.16. The molecule has 0 saturated carbocycles. The van der Waals surface area contributed by atoms with Gasteiger partial charge in [0.15, 0.2) is 0 Å². The number of carbonyl (C=O) groups is 1. The van der Waals surface area contributed by atoms with Crippen LogP contribution in [-0.4, -0.2) is 19.1 Å². The fourth-order valence-corrected chi connectivity index (χ4v) is 1.84. The van der Waals surface area contributed by atoms with Gasteiger partial charge in [-0.05, 0) is 37.5 Å². The van der Waals surface area contributed by atoms with Gasteiger partial charge in [-0.2, -0.15) is 13.5 Å². The van der Waals surface area contributed by atoms with Crippen molar-refractivity contribution in [2.75, 3.05) is 7.11 Å². The molecule has 0 heterocycles. The van der Waals surface area contributed by atoms with Gasteiger partial charge in [0.25, 0.3) is 5.91 Å². The molecule has 1 aromatic carbocycles. The van der Waals surface area contributed by atoms with E-state index in [-0.39, 0.29) is 25.4 Å². The zero-order chi connectivity index (χ0) is 12.8. The molecule has 1 aromatic rings. The molecule has 1 rings (SSSR count). The number of rotatable bonds is 5. The summed E-state index contributed by atoms with van der Waals surface area (Å²) in [5.74, 6) is 1.24. The van der Waals surface area contributed by atoms with Crippen molar-refractivity contribution in [3.05, 3.63) is 29.8 Å². The Kier molecular flexibility index (Phi) is 7.51. The zero-order valence-corrected chi connectivity index (χ0v) is 12.5. The van der Waals surface area contributed by atoms with Gasteiger partial charge in [0.1, 0.15) is 5.75 Å². The second-order valence-corrected chi connectivity index (χ2v) is 4.74. The van der Waals surface area contributed by atoms with Crippen LogP contribution in [0.5, 0.6) is 5.75 Å². The van der Waals surface area contributed by atoms with E-state index in [1.54, 1.807) is 19.2 Å². The predicted molar refractivity (Wildman–Crippen MR) is 79.8 cm³/mol. The molecule has 1 amide bonds. The van der Waals surface area contributed by atoms with E-state index in [4.69, 9.17) is 4.74 Å². The highest BCUT2D eigenvalue weighted by Crippen LogP contribution is 2.13. The summed E-state index contributed by atoms with van der Waals surface area (Å²) in [7, 11) is 1.60. The lowest BCUT2D eigenvalue weighted by Crippen LogP contribution is -2.33. The first kappa shape index (κ1) is 16.8.